The van der Waals surface area contributed by atoms with E-state index in [-0.39, 0.29) is 23.9 Å². The highest BCUT2D eigenvalue weighted by molar-refractivity contribution is 5.86. The summed E-state index contributed by atoms with van der Waals surface area (Å²) in [5, 5.41) is 15.8. The van der Waals surface area contributed by atoms with Crippen molar-refractivity contribution in [3.05, 3.63) is 11.7 Å². The van der Waals surface area contributed by atoms with Crippen LogP contribution >= 0.6 is 0 Å². The first kappa shape index (κ1) is 17.4. The number of hydrogen-bond acceptors (Lipinski definition) is 6. The molecule has 2 fully saturated rings. The van der Waals surface area contributed by atoms with Gasteiger partial charge >= 0.3 is 0 Å². The van der Waals surface area contributed by atoms with Gasteiger partial charge in [0.25, 0.3) is 5.89 Å². The van der Waals surface area contributed by atoms with Gasteiger partial charge in [0.2, 0.25) is 5.91 Å². The lowest BCUT2D eigenvalue weighted by molar-refractivity contribution is -0.137. The van der Waals surface area contributed by atoms with Crippen molar-refractivity contribution in [3.8, 4) is 0 Å². The van der Waals surface area contributed by atoms with E-state index >= 15 is 0 Å². The van der Waals surface area contributed by atoms with Crippen LogP contribution in [-0.4, -0.2) is 51.2 Å². The lowest BCUT2D eigenvalue weighted by Gasteiger charge is -2.46. The molecule has 3 rings (SSSR count). The molecule has 134 valence electrons. The average Bonchev–Trinajstić information content (AvgIpc) is 3.11. The number of carbonyl (C=O) groups excluding carboxylic acids is 1. The number of aliphatic hydroxyl groups excluding tert-OH is 1. The fraction of sp³-hybridized carbons (Fsp3) is 0.824. The number of likely N-dealkylation sites (tertiary alicyclic amines) is 1. The second-order valence-corrected chi connectivity index (χ2v) is 6.91. The van der Waals surface area contributed by atoms with Gasteiger partial charge in [0.1, 0.15) is 12.1 Å². The zero-order valence-electron chi connectivity index (χ0n) is 14.3. The minimum Gasteiger partial charge on any atom is -0.387 e. The SMILES string of the molecule is O=C(NCCc1noc(CO)n1)C1(N2CCCCC2)CCCCC1. The van der Waals surface area contributed by atoms with E-state index in [9.17, 15) is 4.79 Å². The smallest absolute Gasteiger partial charge is 0.252 e. The third-order valence-electron chi connectivity index (χ3n) is 5.34. The Hall–Kier alpha value is -1.47. The molecule has 1 amide bonds. The summed E-state index contributed by atoms with van der Waals surface area (Å²) < 4.78 is 4.87. The minimum atomic E-state index is -0.313. The number of hydrogen-bond donors (Lipinski definition) is 2. The minimum absolute atomic E-state index is 0.162. The van der Waals surface area contributed by atoms with Crippen molar-refractivity contribution >= 4 is 5.91 Å². The summed E-state index contributed by atoms with van der Waals surface area (Å²) in [5.41, 5.74) is -0.313. The number of aromatic nitrogens is 2. The first-order valence-corrected chi connectivity index (χ1v) is 9.20. The summed E-state index contributed by atoms with van der Waals surface area (Å²) in [6.45, 7) is 2.33. The first-order chi connectivity index (χ1) is 11.7. The number of piperidine rings is 1. The van der Waals surface area contributed by atoms with E-state index in [1.54, 1.807) is 0 Å². The predicted molar refractivity (Wildman–Crippen MR) is 88.2 cm³/mol. The van der Waals surface area contributed by atoms with Crippen LogP contribution in [0.4, 0.5) is 0 Å². The van der Waals surface area contributed by atoms with Gasteiger partial charge in [0.05, 0.1) is 0 Å². The topological polar surface area (TPSA) is 91.5 Å². The van der Waals surface area contributed by atoms with Crippen LogP contribution in [0.2, 0.25) is 0 Å². The fourth-order valence-corrected chi connectivity index (χ4v) is 4.05. The highest BCUT2D eigenvalue weighted by atomic mass is 16.5. The van der Waals surface area contributed by atoms with E-state index in [1.807, 2.05) is 0 Å². The van der Waals surface area contributed by atoms with E-state index in [1.165, 1.54) is 25.7 Å². The number of nitrogens with one attached hydrogen (secondary N) is 1. The number of nitrogens with zero attached hydrogens (tertiary/aromatic N) is 3. The van der Waals surface area contributed by atoms with Gasteiger partial charge in [-0.05, 0) is 38.8 Å². The molecule has 2 aliphatic rings. The van der Waals surface area contributed by atoms with Gasteiger partial charge in [-0.2, -0.15) is 4.98 Å². The van der Waals surface area contributed by atoms with Gasteiger partial charge < -0.3 is 14.9 Å². The first-order valence-electron chi connectivity index (χ1n) is 9.20. The Labute approximate surface area is 142 Å². The van der Waals surface area contributed by atoms with E-state index in [0.29, 0.717) is 18.8 Å². The highest BCUT2D eigenvalue weighted by Gasteiger charge is 2.44. The van der Waals surface area contributed by atoms with Crippen molar-refractivity contribution in [2.45, 2.75) is 69.9 Å². The maximum Gasteiger partial charge on any atom is 0.252 e. The molecule has 1 saturated carbocycles. The summed E-state index contributed by atoms with van der Waals surface area (Å²) in [5.74, 6) is 0.901. The maximum absolute atomic E-state index is 13.0. The Balaban J connectivity index is 1.58. The van der Waals surface area contributed by atoms with Gasteiger partial charge in [-0.15, -0.1) is 0 Å². The summed E-state index contributed by atoms with van der Waals surface area (Å²) in [6, 6.07) is 0. The normalized spacial score (nSPS) is 21.5. The Bertz CT molecular complexity index is 534. The molecule has 0 spiro atoms. The average molecular weight is 336 g/mol. The summed E-state index contributed by atoms with van der Waals surface area (Å²) in [6.07, 6.45) is 9.62. The molecule has 0 bridgehead atoms. The van der Waals surface area contributed by atoms with Crippen molar-refractivity contribution < 1.29 is 14.4 Å². The molecule has 2 heterocycles. The lowest BCUT2D eigenvalue weighted by atomic mass is 9.78. The Morgan fingerprint density at radius 3 is 2.54 bits per heavy atom. The van der Waals surface area contributed by atoms with E-state index in [0.717, 1.165) is 38.8 Å². The van der Waals surface area contributed by atoms with Crippen molar-refractivity contribution in [1.29, 1.82) is 0 Å². The van der Waals surface area contributed by atoms with E-state index in [4.69, 9.17) is 9.63 Å². The fourth-order valence-electron chi connectivity index (χ4n) is 4.05. The van der Waals surface area contributed by atoms with Crippen molar-refractivity contribution in [2.24, 2.45) is 0 Å². The Kier molecular flexibility index (Phi) is 5.84. The third-order valence-corrected chi connectivity index (χ3v) is 5.34. The summed E-state index contributed by atoms with van der Waals surface area (Å²) in [4.78, 5) is 19.5. The highest BCUT2D eigenvalue weighted by Crippen LogP contribution is 2.35. The molecular weight excluding hydrogens is 308 g/mol. The summed E-state index contributed by atoms with van der Waals surface area (Å²) >= 11 is 0. The summed E-state index contributed by atoms with van der Waals surface area (Å²) in [7, 11) is 0. The maximum atomic E-state index is 13.0. The van der Waals surface area contributed by atoms with Crippen LogP contribution in [0, 0.1) is 0 Å². The van der Waals surface area contributed by atoms with Crippen LogP contribution < -0.4 is 5.32 Å². The molecule has 7 heteroatoms. The number of rotatable bonds is 6. The van der Waals surface area contributed by atoms with E-state index in [2.05, 4.69) is 20.4 Å². The van der Waals surface area contributed by atoms with Gasteiger partial charge in [-0.25, -0.2) is 0 Å². The Morgan fingerprint density at radius 1 is 1.17 bits per heavy atom. The van der Waals surface area contributed by atoms with Crippen LogP contribution in [0.15, 0.2) is 4.52 Å². The number of carbonyl (C=O) groups is 1. The third kappa shape index (κ3) is 3.78. The van der Waals surface area contributed by atoms with E-state index < -0.39 is 0 Å². The Morgan fingerprint density at radius 2 is 1.88 bits per heavy atom. The van der Waals surface area contributed by atoms with Crippen molar-refractivity contribution in [3.63, 3.8) is 0 Å². The van der Waals surface area contributed by atoms with Crippen LogP contribution in [-0.2, 0) is 17.8 Å². The second kappa shape index (κ2) is 8.07. The predicted octanol–water partition coefficient (Wildman–Crippen LogP) is 1.41. The van der Waals surface area contributed by atoms with Crippen LogP contribution in [0.1, 0.15) is 63.1 Å². The molecule has 2 N–H and O–H groups in total. The monoisotopic (exact) mass is 336 g/mol. The van der Waals surface area contributed by atoms with Crippen molar-refractivity contribution in [1.82, 2.24) is 20.4 Å². The molecule has 1 aromatic heterocycles. The quantitative estimate of drug-likeness (QED) is 0.816. The molecule has 0 radical (unpaired) electrons. The molecule has 1 saturated heterocycles. The second-order valence-electron chi connectivity index (χ2n) is 6.91. The van der Waals surface area contributed by atoms with Gasteiger partial charge in [-0.3, -0.25) is 9.69 Å². The molecule has 24 heavy (non-hydrogen) atoms. The molecule has 0 aromatic carbocycles. The molecule has 0 unspecified atom stereocenters. The number of amides is 1. The molecular formula is C17H28N4O3. The standard InChI is InChI=1S/C17H28N4O3/c22-13-15-19-14(20-24-15)7-10-18-16(23)17(8-3-1-4-9-17)21-11-5-2-6-12-21/h22H,1-13H2,(H,18,23). The molecule has 0 atom stereocenters. The lowest BCUT2D eigenvalue weighted by Crippen LogP contribution is -2.61. The van der Waals surface area contributed by atoms with Crippen LogP contribution in [0.5, 0.6) is 0 Å². The number of aliphatic hydroxyl groups is 1. The zero-order chi connectivity index (χ0) is 16.8. The molecule has 1 aliphatic carbocycles. The zero-order valence-corrected chi connectivity index (χ0v) is 14.3. The molecule has 1 aliphatic heterocycles. The largest absolute Gasteiger partial charge is 0.387 e. The van der Waals surface area contributed by atoms with Gasteiger partial charge in [0, 0.05) is 13.0 Å². The van der Waals surface area contributed by atoms with Crippen LogP contribution in [0.3, 0.4) is 0 Å². The van der Waals surface area contributed by atoms with Gasteiger partial charge in [-0.1, -0.05) is 30.8 Å². The van der Waals surface area contributed by atoms with Crippen molar-refractivity contribution in [2.75, 3.05) is 19.6 Å². The molecule has 1 aromatic rings. The van der Waals surface area contributed by atoms with Gasteiger partial charge in [0.15, 0.2) is 5.82 Å². The van der Waals surface area contributed by atoms with Crippen LogP contribution in [0.25, 0.3) is 0 Å². The molecule has 7 nitrogen and oxygen atoms in total.